The maximum Gasteiger partial charge on any atom is 0.416 e. The zero-order valence-electron chi connectivity index (χ0n) is 17.0. The Kier molecular flexibility index (Phi) is 6.01. The normalized spacial score (nSPS) is 12.7. The van der Waals surface area contributed by atoms with Crippen molar-refractivity contribution in [2.75, 3.05) is 0 Å². The number of para-hydroxylation sites is 1. The van der Waals surface area contributed by atoms with E-state index in [0.29, 0.717) is 6.54 Å². The maximum atomic E-state index is 13.1. The first-order valence-corrected chi connectivity index (χ1v) is 10.1. The Bertz CT molecular complexity index is 1230. The molecule has 1 aromatic heterocycles. The number of aromatic nitrogens is 1. The molecule has 1 atom stereocenters. The Morgan fingerprint density at radius 1 is 0.969 bits per heavy atom. The van der Waals surface area contributed by atoms with E-state index in [-0.39, 0.29) is 12.1 Å². The van der Waals surface area contributed by atoms with Crippen molar-refractivity contribution in [1.82, 2.24) is 9.88 Å². The fourth-order valence-electron chi connectivity index (χ4n) is 3.83. The fourth-order valence-corrected chi connectivity index (χ4v) is 3.83. The lowest BCUT2D eigenvalue weighted by atomic mass is 10.0. The summed E-state index contributed by atoms with van der Waals surface area (Å²) in [4.78, 5) is 11.8. The third-order valence-corrected chi connectivity index (χ3v) is 5.36. The van der Waals surface area contributed by atoms with Gasteiger partial charge in [0.15, 0.2) is 0 Å². The van der Waals surface area contributed by atoms with Gasteiger partial charge in [0.25, 0.3) is 0 Å². The lowest BCUT2D eigenvalue weighted by Crippen LogP contribution is -2.28. The quantitative estimate of drug-likeness (QED) is 0.394. The molecule has 0 radical (unpaired) electrons. The standard InChI is InChI=1S/C25H21F3N2O2/c26-25(27,28)20-10-6-9-18(13-20)23(24(31)32)29-14-19-16-30(15-17-7-2-1-3-8-17)22-12-5-4-11-21(19)22/h1-13,16,23,29H,14-15H2,(H,31,32). The smallest absolute Gasteiger partial charge is 0.416 e. The Morgan fingerprint density at radius 3 is 2.41 bits per heavy atom. The number of carboxylic acids is 1. The number of rotatable bonds is 7. The Morgan fingerprint density at radius 2 is 1.69 bits per heavy atom. The molecule has 0 spiro atoms. The summed E-state index contributed by atoms with van der Waals surface area (Å²) < 4.78 is 41.3. The van der Waals surface area contributed by atoms with Crippen molar-refractivity contribution < 1.29 is 23.1 Å². The third-order valence-electron chi connectivity index (χ3n) is 5.36. The van der Waals surface area contributed by atoms with Gasteiger partial charge in [0.2, 0.25) is 0 Å². The number of carboxylic acid groups (broad SMARTS) is 1. The van der Waals surface area contributed by atoms with Crippen LogP contribution in [0.2, 0.25) is 0 Å². The Hall–Kier alpha value is -3.58. The zero-order valence-corrected chi connectivity index (χ0v) is 17.0. The third kappa shape index (κ3) is 4.68. The second-order valence-corrected chi connectivity index (χ2v) is 7.56. The first-order valence-electron chi connectivity index (χ1n) is 10.1. The number of nitrogens with zero attached hydrogens (tertiary/aromatic N) is 1. The summed E-state index contributed by atoms with van der Waals surface area (Å²) in [6.45, 7) is 0.840. The van der Waals surface area contributed by atoms with Gasteiger partial charge in [0.1, 0.15) is 6.04 Å². The second kappa shape index (κ2) is 8.88. The summed E-state index contributed by atoms with van der Waals surface area (Å²) in [5, 5.41) is 13.5. The minimum absolute atomic E-state index is 0.0559. The van der Waals surface area contributed by atoms with Crippen molar-refractivity contribution in [2.45, 2.75) is 25.3 Å². The van der Waals surface area contributed by atoms with Crippen molar-refractivity contribution >= 4 is 16.9 Å². The molecule has 0 aliphatic heterocycles. The highest BCUT2D eigenvalue weighted by Crippen LogP contribution is 2.31. The lowest BCUT2D eigenvalue weighted by Gasteiger charge is -2.16. The van der Waals surface area contributed by atoms with Crippen LogP contribution in [0.5, 0.6) is 0 Å². The van der Waals surface area contributed by atoms with Gasteiger partial charge in [0.05, 0.1) is 5.56 Å². The van der Waals surface area contributed by atoms with Crippen molar-refractivity contribution in [3.8, 4) is 0 Å². The molecule has 4 aromatic rings. The summed E-state index contributed by atoms with van der Waals surface area (Å²) in [6.07, 6.45) is -2.58. The van der Waals surface area contributed by atoms with Gasteiger partial charge in [-0.05, 0) is 34.9 Å². The van der Waals surface area contributed by atoms with E-state index in [2.05, 4.69) is 9.88 Å². The number of hydrogen-bond acceptors (Lipinski definition) is 2. The number of halogens is 3. The predicted octanol–water partition coefficient (Wildman–Crippen LogP) is 5.62. The van der Waals surface area contributed by atoms with Gasteiger partial charge in [-0.15, -0.1) is 0 Å². The summed E-state index contributed by atoms with van der Waals surface area (Å²) in [7, 11) is 0. The molecular weight excluding hydrogens is 417 g/mol. The molecule has 32 heavy (non-hydrogen) atoms. The van der Waals surface area contributed by atoms with Gasteiger partial charge in [-0.2, -0.15) is 13.2 Å². The average molecular weight is 438 g/mol. The number of nitrogens with one attached hydrogen (secondary N) is 1. The summed E-state index contributed by atoms with van der Waals surface area (Å²) in [5.41, 5.74) is 2.18. The second-order valence-electron chi connectivity index (χ2n) is 7.56. The number of hydrogen-bond donors (Lipinski definition) is 2. The Labute approximate surface area is 182 Å². The van der Waals surface area contributed by atoms with Crippen LogP contribution in [0.3, 0.4) is 0 Å². The van der Waals surface area contributed by atoms with E-state index in [9.17, 15) is 23.1 Å². The van der Waals surface area contributed by atoms with Crippen LogP contribution in [0.15, 0.2) is 85.1 Å². The van der Waals surface area contributed by atoms with E-state index in [4.69, 9.17) is 0 Å². The molecule has 7 heteroatoms. The molecule has 4 nitrogen and oxygen atoms in total. The van der Waals surface area contributed by atoms with Crippen LogP contribution in [0.25, 0.3) is 10.9 Å². The summed E-state index contributed by atoms with van der Waals surface area (Å²) >= 11 is 0. The first kappa shape index (κ1) is 21.6. The number of aliphatic carboxylic acids is 1. The molecule has 4 rings (SSSR count). The molecule has 3 aromatic carbocycles. The van der Waals surface area contributed by atoms with Gasteiger partial charge in [-0.1, -0.05) is 60.7 Å². The van der Waals surface area contributed by atoms with Crippen molar-refractivity contribution in [3.05, 3.63) is 107 Å². The van der Waals surface area contributed by atoms with Crippen molar-refractivity contribution in [3.63, 3.8) is 0 Å². The molecule has 0 amide bonds. The van der Waals surface area contributed by atoms with E-state index in [1.54, 1.807) is 0 Å². The van der Waals surface area contributed by atoms with E-state index in [1.807, 2.05) is 60.8 Å². The topological polar surface area (TPSA) is 54.3 Å². The molecule has 0 fully saturated rings. The minimum Gasteiger partial charge on any atom is -0.480 e. The largest absolute Gasteiger partial charge is 0.480 e. The highest BCUT2D eigenvalue weighted by Gasteiger charge is 2.31. The minimum atomic E-state index is -4.54. The van der Waals surface area contributed by atoms with Gasteiger partial charge < -0.3 is 9.67 Å². The molecule has 1 unspecified atom stereocenters. The summed E-state index contributed by atoms with van der Waals surface area (Å²) in [5.74, 6) is -1.24. The number of alkyl halides is 3. The fraction of sp³-hybridized carbons (Fsp3) is 0.160. The van der Waals surface area contributed by atoms with E-state index in [0.717, 1.165) is 34.2 Å². The van der Waals surface area contributed by atoms with Crippen molar-refractivity contribution in [2.24, 2.45) is 0 Å². The maximum absolute atomic E-state index is 13.1. The van der Waals surface area contributed by atoms with E-state index < -0.39 is 23.8 Å². The van der Waals surface area contributed by atoms with Gasteiger partial charge in [-0.25, -0.2) is 0 Å². The highest BCUT2D eigenvalue weighted by molar-refractivity contribution is 5.84. The average Bonchev–Trinajstić information content (AvgIpc) is 3.12. The molecule has 2 N–H and O–H groups in total. The van der Waals surface area contributed by atoms with Crippen molar-refractivity contribution in [1.29, 1.82) is 0 Å². The van der Waals surface area contributed by atoms with Crippen LogP contribution in [-0.4, -0.2) is 15.6 Å². The number of fused-ring (bicyclic) bond motifs is 1. The first-order chi connectivity index (χ1) is 15.3. The van der Waals surface area contributed by atoms with Crippen LogP contribution in [-0.2, 0) is 24.1 Å². The summed E-state index contributed by atoms with van der Waals surface area (Å²) in [6, 6.07) is 20.9. The number of carbonyl (C=O) groups is 1. The molecule has 0 aliphatic rings. The molecule has 164 valence electrons. The molecule has 0 aliphatic carbocycles. The molecule has 0 saturated heterocycles. The van der Waals surface area contributed by atoms with Gasteiger partial charge in [0, 0.05) is 30.2 Å². The number of benzene rings is 3. The molecule has 0 saturated carbocycles. The van der Waals surface area contributed by atoms with Crippen LogP contribution in [0.4, 0.5) is 13.2 Å². The predicted molar refractivity (Wildman–Crippen MR) is 116 cm³/mol. The molecular formula is C25H21F3N2O2. The molecule has 1 heterocycles. The van der Waals surface area contributed by atoms with Crippen LogP contribution >= 0.6 is 0 Å². The van der Waals surface area contributed by atoms with E-state index in [1.165, 1.54) is 12.1 Å². The highest BCUT2D eigenvalue weighted by atomic mass is 19.4. The van der Waals surface area contributed by atoms with Crippen LogP contribution in [0.1, 0.15) is 28.3 Å². The van der Waals surface area contributed by atoms with Gasteiger partial charge >= 0.3 is 12.1 Å². The molecule has 0 bridgehead atoms. The SMILES string of the molecule is O=C(O)C(NCc1cn(Cc2ccccc2)c2ccccc12)c1cccc(C(F)(F)F)c1. The van der Waals surface area contributed by atoms with Crippen LogP contribution < -0.4 is 5.32 Å². The lowest BCUT2D eigenvalue weighted by molar-refractivity contribution is -0.140. The van der Waals surface area contributed by atoms with E-state index >= 15 is 0 Å². The Balaban J connectivity index is 1.61. The monoisotopic (exact) mass is 438 g/mol. The van der Waals surface area contributed by atoms with Crippen LogP contribution in [0, 0.1) is 0 Å². The zero-order chi connectivity index (χ0) is 22.7. The van der Waals surface area contributed by atoms with Gasteiger partial charge in [-0.3, -0.25) is 10.1 Å².